The van der Waals surface area contributed by atoms with Gasteiger partial charge in [0.25, 0.3) is 0 Å². The molecule has 0 saturated heterocycles. The lowest BCUT2D eigenvalue weighted by molar-refractivity contribution is 0.294. The number of rotatable bonds is 24. The van der Waals surface area contributed by atoms with Gasteiger partial charge in [-0.05, 0) is 139 Å². The Kier molecular flexibility index (Phi) is 23.3. The second kappa shape index (κ2) is 33.3. The molecule has 4 nitrogen and oxygen atoms in total. The van der Waals surface area contributed by atoms with Gasteiger partial charge in [0, 0.05) is 47.9 Å². The van der Waals surface area contributed by atoms with Crippen LogP contribution in [0.25, 0.3) is 22.3 Å². The molecule has 0 radical (unpaired) electrons. The van der Waals surface area contributed by atoms with E-state index in [0.29, 0.717) is 52.1 Å². The molecule has 0 amide bonds. The number of hydrogen-bond donors (Lipinski definition) is 0. The minimum Gasteiger partial charge on any atom is -0.493 e. The van der Waals surface area contributed by atoms with Crippen molar-refractivity contribution in [2.24, 2.45) is 0 Å². The Hall–Kier alpha value is -9.12. The lowest BCUT2D eigenvalue weighted by atomic mass is 9.84. The minimum atomic E-state index is 0.662. The Bertz CT molecular complexity index is 3440. The van der Waals surface area contributed by atoms with E-state index in [1.165, 1.54) is 66.8 Å². The van der Waals surface area contributed by atoms with Gasteiger partial charge in [0.15, 0.2) is 0 Å². The van der Waals surface area contributed by atoms with Crippen LogP contribution in [0.5, 0.6) is 23.0 Å². The van der Waals surface area contributed by atoms with E-state index in [1.54, 1.807) is 0 Å². The van der Waals surface area contributed by atoms with Crippen LogP contribution in [-0.4, -0.2) is 26.4 Å². The molecule has 12 bridgehead atoms. The van der Waals surface area contributed by atoms with Crippen molar-refractivity contribution in [3.05, 3.63) is 332 Å². The summed E-state index contributed by atoms with van der Waals surface area (Å²) in [7, 11) is 0. The zero-order chi connectivity index (χ0) is 63.1. The number of benzene rings is 10. The minimum absolute atomic E-state index is 0.662. The highest BCUT2D eigenvalue weighted by Crippen LogP contribution is 2.42. The van der Waals surface area contributed by atoms with Crippen LogP contribution in [0.4, 0.5) is 0 Å². The van der Waals surface area contributed by atoms with Gasteiger partial charge in [0.05, 0.1) is 26.4 Å². The second-order valence-electron chi connectivity index (χ2n) is 24.8. The zero-order valence-electron chi connectivity index (χ0n) is 54.9. The van der Waals surface area contributed by atoms with Crippen molar-refractivity contribution in [2.75, 3.05) is 26.4 Å². The maximum atomic E-state index is 6.89. The van der Waals surface area contributed by atoms with E-state index in [0.717, 1.165) is 145 Å². The maximum absolute atomic E-state index is 6.89. The zero-order valence-corrected chi connectivity index (χ0v) is 54.9. The summed E-state index contributed by atoms with van der Waals surface area (Å²) < 4.78 is 27.5. The quantitative estimate of drug-likeness (QED) is 0.0565. The monoisotopic (exact) mass is 1210 g/mol. The van der Waals surface area contributed by atoms with Gasteiger partial charge >= 0.3 is 0 Å². The van der Waals surface area contributed by atoms with Crippen molar-refractivity contribution in [3.63, 3.8) is 0 Å². The molecule has 0 N–H and O–H groups in total. The van der Waals surface area contributed by atoms with Crippen LogP contribution in [-0.2, 0) is 25.7 Å². The molecular formula is C88H92O4. The van der Waals surface area contributed by atoms with E-state index in [2.05, 4.69) is 270 Å². The Morgan fingerprint density at radius 3 is 0.652 bits per heavy atom. The Morgan fingerprint density at radius 1 is 0.250 bits per heavy atom. The third-order valence-electron chi connectivity index (χ3n) is 17.8. The topological polar surface area (TPSA) is 36.9 Å². The summed E-state index contributed by atoms with van der Waals surface area (Å²) >= 11 is 0. The van der Waals surface area contributed by atoms with Crippen LogP contribution in [0.3, 0.4) is 0 Å². The van der Waals surface area contributed by atoms with Gasteiger partial charge in [-0.3, -0.25) is 0 Å². The summed E-state index contributed by atoms with van der Waals surface area (Å²) in [6.07, 6.45) is 15.8. The Labute approximate surface area is 549 Å². The molecule has 4 heteroatoms. The number of hydrogen-bond acceptors (Lipinski definition) is 4. The predicted molar refractivity (Wildman–Crippen MR) is 386 cm³/mol. The van der Waals surface area contributed by atoms with E-state index in [9.17, 15) is 0 Å². The first-order valence-corrected chi connectivity index (χ1v) is 34.4. The maximum Gasteiger partial charge on any atom is 0.123 e. The molecular weight excluding hydrogens is 1120 g/mol. The molecule has 0 heterocycles. The molecule has 0 aromatic heterocycles. The molecule has 0 atom stereocenters. The summed E-state index contributed by atoms with van der Waals surface area (Å²) in [4.78, 5) is 0. The largest absolute Gasteiger partial charge is 0.493 e. The van der Waals surface area contributed by atoms with Gasteiger partial charge in [-0.1, -0.05) is 297 Å². The van der Waals surface area contributed by atoms with Gasteiger partial charge < -0.3 is 18.9 Å². The number of unbranched alkanes of at least 4 members (excludes halogenated alkanes) is 8. The highest BCUT2D eigenvalue weighted by molar-refractivity contribution is 6.05. The van der Waals surface area contributed by atoms with Crippen LogP contribution >= 0.6 is 0 Å². The van der Waals surface area contributed by atoms with Crippen molar-refractivity contribution in [3.8, 4) is 23.0 Å². The fraction of sp³-hybridized carbons (Fsp3) is 0.273. The van der Waals surface area contributed by atoms with Gasteiger partial charge in [-0.2, -0.15) is 0 Å². The molecule has 0 fully saturated rings. The van der Waals surface area contributed by atoms with Crippen molar-refractivity contribution in [1.29, 1.82) is 0 Å². The molecule has 10 aromatic carbocycles. The van der Waals surface area contributed by atoms with E-state index in [1.807, 2.05) is 0 Å². The van der Waals surface area contributed by atoms with Crippen molar-refractivity contribution < 1.29 is 18.9 Å². The Morgan fingerprint density at radius 2 is 0.457 bits per heavy atom. The van der Waals surface area contributed by atoms with E-state index in [-0.39, 0.29) is 0 Å². The van der Waals surface area contributed by atoms with E-state index < -0.39 is 0 Å². The molecule has 10 aromatic rings. The molecule has 0 unspecified atom stereocenters. The highest BCUT2D eigenvalue weighted by Gasteiger charge is 2.22. The van der Waals surface area contributed by atoms with Gasteiger partial charge in [-0.15, -0.1) is 0 Å². The molecule has 468 valence electrons. The normalized spacial score (nSPS) is 12.2. The van der Waals surface area contributed by atoms with Crippen LogP contribution in [0.1, 0.15) is 194 Å². The van der Waals surface area contributed by atoms with Crippen LogP contribution in [0.2, 0.25) is 0 Å². The smallest absolute Gasteiger partial charge is 0.123 e. The third kappa shape index (κ3) is 16.9. The fourth-order valence-electron chi connectivity index (χ4n) is 12.8. The van der Waals surface area contributed by atoms with Crippen LogP contribution in [0.15, 0.2) is 243 Å². The van der Waals surface area contributed by atoms with Gasteiger partial charge in [0.2, 0.25) is 0 Å². The molecule has 16 aliphatic rings. The van der Waals surface area contributed by atoms with Crippen LogP contribution < -0.4 is 18.9 Å². The molecule has 26 rings (SSSR count). The average molecular weight is 1210 g/mol. The third-order valence-corrected chi connectivity index (χ3v) is 17.8. The summed E-state index contributed by atoms with van der Waals surface area (Å²) in [6.45, 7) is 11.7. The van der Waals surface area contributed by atoms with Crippen LogP contribution in [0, 0.1) is 0 Å². The summed E-state index contributed by atoms with van der Waals surface area (Å²) in [5.74, 6) is 3.72. The first-order chi connectivity index (χ1) is 45.5. The SMILES string of the molecule is CCCCCOc1cc2c(OCCCCC)cc1Cc1ccc(cc1)C(=C(c1ccccc1)c1ccccc1)c1ccc(cc1)Cc1cc(OCCCCC)c(cc1OCCCCC)Cc1ccc(cc1)C(=C(c1ccccc1)c1ccccc1)c1ccc(cc1)C2. The van der Waals surface area contributed by atoms with E-state index in [4.69, 9.17) is 18.9 Å². The van der Waals surface area contributed by atoms with Crippen molar-refractivity contribution >= 4 is 22.3 Å². The molecule has 92 heavy (non-hydrogen) atoms. The molecule has 0 saturated carbocycles. The second-order valence-corrected chi connectivity index (χ2v) is 24.8. The molecule has 16 aliphatic carbocycles. The fourth-order valence-corrected chi connectivity index (χ4v) is 12.8. The van der Waals surface area contributed by atoms with E-state index >= 15 is 0 Å². The van der Waals surface area contributed by atoms with Gasteiger partial charge in [-0.25, -0.2) is 0 Å². The summed E-state index contributed by atoms with van der Waals surface area (Å²) in [5, 5.41) is 0. The number of ether oxygens (including phenoxy) is 4. The Balaban J connectivity index is 1.10. The lowest BCUT2D eigenvalue weighted by Crippen LogP contribution is -2.06. The summed E-state index contributed by atoms with van der Waals surface area (Å²) in [5.41, 5.74) is 23.4. The lowest BCUT2D eigenvalue weighted by Gasteiger charge is -2.21. The summed E-state index contributed by atoms with van der Waals surface area (Å²) in [6, 6.07) is 89.9. The molecule has 0 spiro atoms. The molecule has 0 aliphatic heterocycles. The van der Waals surface area contributed by atoms with Crippen molar-refractivity contribution in [1.82, 2.24) is 0 Å². The van der Waals surface area contributed by atoms with Gasteiger partial charge in [0.1, 0.15) is 23.0 Å². The predicted octanol–water partition coefficient (Wildman–Crippen LogP) is 22.7. The first kappa shape index (κ1) is 64.4. The van der Waals surface area contributed by atoms with Crippen molar-refractivity contribution in [2.45, 2.75) is 130 Å². The highest BCUT2D eigenvalue weighted by atomic mass is 16.5. The first-order valence-electron chi connectivity index (χ1n) is 34.4. The average Bonchev–Trinajstić information content (AvgIpc) is 0.876. The standard InChI is InChI=1S/C88H92O4/c1-5-9-25-53-89-81-61-78-58-66-39-47-74(48-40-66)88(86(71-33-21-15-22-34-71)72-35-23-16-24-36-72)76-51-43-68(44-52-76)60-80-64-83(91-55-27-11-7-3)79(63-84(80)92-56-28-12-8-4)59-67-41-49-75(50-42-67)87(85(69-29-17-13-18-30-69)70-31-19-14-20-32-70)73-45-37-65(38-46-73)57-77(81)62-82(78)90-54-26-10-6-2/h13-24,29-52,61-64H,5-12,25-28,53-60H2,1-4H3.